The number of carbonyl (C=O) groups excluding carboxylic acids is 3. The second-order valence-corrected chi connectivity index (χ2v) is 12.3. The number of ether oxygens (including phenoxy) is 1. The molecule has 5 heterocycles. The van der Waals surface area contributed by atoms with Crippen LogP contribution >= 0.6 is 0 Å². The normalized spacial score (nSPS) is 18.3. The molecule has 10 nitrogen and oxygen atoms in total. The molecule has 0 saturated carbocycles. The Labute approximate surface area is 270 Å². The lowest BCUT2D eigenvalue weighted by Gasteiger charge is -2.44. The molecule has 2 aromatic heterocycles. The van der Waals surface area contributed by atoms with Crippen molar-refractivity contribution < 1.29 is 32.3 Å². The first-order valence-corrected chi connectivity index (χ1v) is 15.2. The van der Waals surface area contributed by atoms with Crippen LogP contribution in [0.1, 0.15) is 46.6 Å². The van der Waals surface area contributed by atoms with E-state index in [1.807, 2.05) is 43.1 Å². The fraction of sp³-hybridized carbons (Fsp3) is 0.382. The van der Waals surface area contributed by atoms with E-state index in [0.717, 1.165) is 45.2 Å². The van der Waals surface area contributed by atoms with E-state index in [1.165, 1.54) is 17.9 Å². The van der Waals surface area contributed by atoms with E-state index in [1.54, 1.807) is 18.0 Å². The summed E-state index contributed by atoms with van der Waals surface area (Å²) in [5.74, 6) is -1.28. The summed E-state index contributed by atoms with van der Waals surface area (Å²) in [7, 11) is 3.48. The minimum absolute atomic E-state index is 0.00809. The molecule has 6 rings (SSSR count). The number of pyridine rings is 2. The molecule has 1 spiro atoms. The van der Waals surface area contributed by atoms with Crippen molar-refractivity contribution >= 4 is 34.9 Å². The number of alkyl halides is 3. The van der Waals surface area contributed by atoms with Crippen LogP contribution in [-0.2, 0) is 43.9 Å². The third-order valence-electron chi connectivity index (χ3n) is 9.15. The molecule has 1 aromatic carbocycles. The van der Waals surface area contributed by atoms with Gasteiger partial charge < -0.3 is 19.4 Å². The Balaban J connectivity index is 1.27. The minimum atomic E-state index is -4.63. The quantitative estimate of drug-likeness (QED) is 0.344. The number of likely N-dealkylation sites (N-methyl/N-ethyl adjacent to an activating group) is 1. The summed E-state index contributed by atoms with van der Waals surface area (Å²) in [5, 5.41) is 0. The van der Waals surface area contributed by atoms with Crippen LogP contribution < -0.4 is 14.7 Å². The van der Waals surface area contributed by atoms with Crippen molar-refractivity contribution in [3.8, 4) is 0 Å². The zero-order valence-electron chi connectivity index (χ0n) is 26.6. The SMILES string of the molecule is C=CC(=O)N1Cc2ccc(CN(C)c3c(C)cccc3N(C)C(=O)C3CCC(=O)N3c3cc(C(F)(F)F)cc(C)n3)nc2C12COC2. The lowest BCUT2D eigenvalue weighted by Crippen LogP contribution is -2.57. The molecule has 3 amide bonds. The fourth-order valence-corrected chi connectivity index (χ4v) is 6.80. The first kappa shape index (κ1) is 32.2. The van der Waals surface area contributed by atoms with E-state index < -0.39 is 35.1 Å². The molecule has 1 atom stereocenters. The van der Waals surface area contributed by atoms with Crippen molar-refractivity contribution in [1.29, 1.82) is 0 Å². The predicted octanol–water partition coefficient (Wildman–Crippen LogP) is 4.66. The van der Waals surface area contributed by atoms with E-state index in [0.29, 0.717) is 32.0 Å². The number of benzene rings is 1. The molecule has 246 valence electrons. The van der Waals surface area contributed by atoms with Crippen LogP contribution in [0.5, 0.6) is 0 Å². The number of nitrogens with zero attached hydrogens (tertiary/aromatic N) is 6. The number of carbonyl (C=O) groups is 3. The van der Waals surface area contributed by atoms with Gasteiger partial charge in [-0.15, -0.1) is 0 Å². The highest BCUT2D eigenvalue weighted by atomic mass is 19.4. The Hall–Kier alpha value is -4.78. The summed E-state index contributed by atoms with van der Waals surface area (Å²) in [4.78, 5) is 55.1. The van der Waals surface area contributed by atoms with E-state index in [9.17, 15) is 27.6 Å². The molecule has 3 aliphatic heterocycles. The second-order valence-electron chi connectivity index (χ2n) is 12.3. The molecule has 2 saturated heterocycles. The number of hydrogen-bond donors (Lipinski definition) is 0. The number of para-hydroxylation sites is 1. The van der Waals surface area contributed by atoms with Gasteiger partial charge in [0.2, 0.25) is 17.7 Å². The van der Waals surface area contributed by atoms with E-state index in [-0.39, 0.29) is 30.3 Å². The molecule has 47 heavy (non-hydrogen) atoms. The molecule has 13 heteroatoms. The van der Waals surface area contributed by atoms with Crippen LogP contribution in [0.2, 0.25) is 0 Å². The van der Waals surface area contributed by atoms with Crippen molar-refractivity contribution in [2.45, 2.75) is 57.5 Å². The highest BCUT2D eigenvalue weighted by molar-refractivity contribution is 6.09. The highest BCUT2D eigenvalue weighted by Gasteiger charge is 2.54. The fourth-order valence-electron chi connectivity index (χ4n) is 6.80. The van der Waals surface area contributed by atoms with Gasteiger partial charge in [0.05, 0.1) is 48.1 Å². The standard InChI is InChI=1S/C34H35F3N6O4/c1-6-28(44)42-16-22-10-11-24(39-31(22)33(42)18-47-19-33)17-40(4)30-20(2)8-7-9-25(30)41(5)32(46)26-12-13-29(45)43(26)27-15-23(34(35,36)37)14-21(3)38-27/h6-11,14-15,26H,1,12-13,16-19H2,2-5H3. The lowest BCUT2D eigenvalue weighted by molar-refractivity contribution is -0.164. The summed E-state index contributed by atoms with van der Waals surface area (Å²) < 4.78 is 46.3. The van der Waals surface area contributed by atoms with Crippen molar-refractivity contribution in [2.24, 2.45) is 0 Å². The third-order valence-corrected chi connectivity index (χ3v) is 9.15. The zero-order valence-corrected chi connectivity index (χ0v) is 26.6. The summed E-state index contributed by atoms with van der Waals surface area (Å²) >= 11 is 0. The molecule has 2 fully saturated rings. The summed E-state index contributed by atoms with van der Waals surface area (Å²) in [6, 6.07) is 10.1. The number of anilines is 3. The van der Waals surface area contributed by atoms with Crippen molar-refractivity contribution in [2.75, 3.05) is 42.0 Å². The number of aryl methyl sites for hydroxylation is 2. The van der Waals surface area contributed by atoms with Crippen LogP contribution in [-0.4, -0.2) is 65.9 Å². The van der Waals surface area contributed by atoms with Gasteiger partial charge in [0, 0.05) is 32.8 Å². The Bertz CT molecular complexity index is 1790. The Morgan fingerprint density at radius 1 is 1.13 bits per heavy atom. The molecule has 0 N–H and O–H groups in total. The Morgan fingerprint density at radius 3 is 2.53 bits per heavy atom. The second kappa shape index (κ2) is 11.8. The van der Waals surface area contributed by atoms with Crippen molar-refractivity contribution in [3.05, 3.63) is 88.9 Å². The van der Waals surface area contributed by atoms with Gasteiger partial charge in [-0.2, -0.15) is 13.2 Å². The number of halogens is 3. The van der Waals surface area contributed by atoms with Gasteiger partial charge in [-0.05, 0) is 61.7 Å². The molecule has 0 bridgehead atoms. The van der Waals surface area contributed by atoms with Gasteiger partial charge in [0.1, 0.15) is 17.4 Å². The van der Waals surface area contributed by atoms with Crippen LogP contribution in [0.3, 0.4) is 0 Å². The summed E-state index contributed by atoms with van der Waals surface area (Å²) in [6.45, 7) is 8.50. The van der Waals surface area contributed by atoms with Gasteiger partial charge in [-0.25, -0.2) is 4.98 Å². The number of rotatable bonds is 7. The van der Waals surface area contributed by atoms with E-state index in [4.69, 9.17) is 9.72 Å². The third kappa shape index (κ3) is 5.52. The van der Waals surface area contributed by atoms with Gasteiger partial charge in [-0.1, -0.05) is 24.8 Å². The predicted molar refractivity (Wildman–Crippen MR) is 169 cm³/mol. The van der Waals surface area contributed by atoms with Crippen molar-refractivity contribution in [3.63, 3.8) is 0 Å². The number of fused-ring (bicyclic) bond motifs is 2. The average Bonchev–Trinajstić information content (AvgIpc) is 3.57. The molecule has 0 radical (unpaired) electrons. The Kier molecular flexibility index (Phi) is 8.07. The molecule has 3 aliphatic rings. The number of hydrogen-bond acceptors (Lipinski definition) is 7. The maximum atomic E-state index is 14.0. The van der Waals surface area contributed by atoms with Crippen LogP contribution in [0.4, 0.5) is 30.4 Å². The maximum absolute atomic E-state index is 14.0. The number of aromatic nitrogens is 2. The van der Waals surface area contributed by atoms with E-state index >= 15 is 0 Å². The van der Waals surface area contributed by atoms with E-state index in [2.05, 4.69) is 11.6 Å². The number of amides is 3. The molecular weight excluding hydrogens is 613 g/mol. The Morgan fingerprint density at radius 2 is 1.87 bits per heavy atom. The maximum Gasteiger partial charge on any atom is 0.416 e. The van der Waals surface area contributed by atoms with Crippen LogP contribution in [0, 0.1) is 13.8 Å². The highest BCUT2D eigenvalue weighted by Crippen LogP contribution is 2.44. The average molecular weight is 649 g/mol. The topological polar surface area (TPSA) is 99.2 Å². The van der Waals surface area contributed by atoms with Crippen LogP contribution in [0.15, 0.2) is 55.1 Å². The zero-order chi connectivity index (χ0) is 33.8. The smallest absolute Gasteiger partial charge is 0.376 e. The summed E-state index contributed by atoms with van der Waals surface area (Å²) in [5.41, 5.74) is 3.26. The first-order chi connectivity index (χ1) is 22.2. The van der Waals surface area contributed by atoms with Gasteiger partial charge in [-0.3, -0.25) is 24.3 Å². The first-order valence-electron chi connectivity index (χ1n) is 15.2. The van der Waals surface area contributed by atoms with Gasteiger partial charge >= 0.3 is 6.18 Å². The molecule has 1 unspecified atom stereocenters. The lowest BCUT2D eigenvalue weighted by atomic mass is 9.92. The van der Waals surface area contributed by atoms with Gasteiger partial charge in [0.15, 0.2) is 0 Å². The molecule has 0 aliphatic carbocycles. The largest absolute Gasteiger partial charge is 0.416 e. The van der Waals surface area contributed by atoms with Gasteiger partial charge in [0.25, 0.3) is 0 Å². The summed E-state index contributed by atoms with van der Waals surface area (Å²) in [6.07, 6.45) is -3.18. The molecular formula is C34H35F3N6O4. The molecule has 3 aromatic rings. The monoisotopic (exact) mass is 648 g/mol. The minimum Gasteiger partial charge on any atom is -0.376 e. The van der Waals surface area contributed by atoms with Crippen molar-refractivity contribution in [1.82, 2.24) is 14.9 Å². The van der Waals surface area contributed by atoms with Crippen LogP contribution in [0.25, 0.3) is 0 Å².